The first-order chi connectivity index (χ1) is 11.8. The van der Waals surface area contributed by atoms with Gasteiger partial charge in [0.25, 0.3) is 0 Å². The molecule has 1 aromatic carbocycles. The predicted molar refractivity (Wildman–Crippen MR) is 93.7 cm³/mol. The molecule has 1 aromatic rings. The highest BCUT2D eigenvalue weighted by atomic mass is 32.2. The standard InChI is InChI=1S/C17H25N3O4S/c1-19(2)16(21)20-12-17(13-20)14(9-11-24-17)8-10-18-25(22,23)15-6-4-3-5-7-15/h3-7,14,18H,8-13H2,1-2H3/t14-/m0/s1. The van der Waals surface area contributed by atoms with Gasteiger partial charge in [-0.2, -0.15) is 0 Å². The van der Waals surface area contributed by atoms with Crippen molar-refractivity contribution >= 4 is 16.1 Å². The highest BCUT2D eigenvalue weighted by Crippen LogP contribution is 2.41. The molecule has 1 spiro atoms. The molecule has 0 unspecified atom stereocenters. The number of rotatable bonds is 5. The number of sulfonamides is 1. The van der Waals surface area contributed by atoms with Crippen LogP contribution in [0.1, 0.15) is 12.8 Å². The van der Waals surface area contributed by atoms with Crippen molar-refractivity contribution in [1.29, 1.82) is 0 Å². The number of benzene rings is 1. The van der Waals surface area contributed by atoms with Crippen LogP contribution in [-0.2, 0) is 14.8 Å². The Hall–Kier alpha value is -1.64. The fourth-order valence-electron chi connectivity index (χ4n) is 3.61. The van der Waals surface area contributed by atoms with Crippen LogP contribution in [0.15, 0.2) is 35.2 Å². The summed E-state index contributed by atoms with van der Waals surface area (Å²) >= 11 is 0. The summed E-state index contributed by atoms with van der Waals surface area (Å²) in [5, 5.41) is 0. The second kappa shape index (κ2) is 6.93. The van der Waals surface area contributed by atoms with Crippen molar-refractivity contribution in [2.75, 3.05) is 40.3 Å². The van der Waals surface area contributed by atoms with E-state index in [-0.39, 0.29) is 22.4 Å². The van der Waals surface area contributed by atoms with Crippen LogP contribution in [0.4, 0.5) is 4.79 Å². The molecule has 1 atom stereocenters. The van der Waals surface area contributed by atoms with E-state index in [4.69, 9.17) is 4.74 Å². The molecule has 2 fully saturated rings. The Morgan fingerprint density at radius 1 is 1.32 bits per heavy atom. The van der Waals surface area contributed by atoms with Crippen LogP contribution in [0, 0.1) is 5.92 Å². The quantitative estimate of drug-likeness (QED) is 0.846. The molecular weight excluding hydrogens is 342 g/mol. The Balaban J connectivity index is 1.53. The van der Waals surface area contributed by atoms with Gasteiger partial charge in [-0.05, 0) is 30.9 Å². The Morgan fingerprint density at radius 3 is 2.64 bits per heavy atom. The number of carbonyl (C=O) groups excluding carboxylic acids is 1. The van der Waals surface area contributed by atoms with Crippen LogP contribution in [0.25, 0.3) is 0 Å². The molecule has 2 saturated heterocycles. The largest absolute Gasteiger partial charge is 0.371 e. The van der Waals surface area contributed by atoms with Crippen molar-refractivity contribution < 1.29 is 17.9 Å². The Labute approximate surface area is 149 Å². The number of likely N-dealkylation sites (tertiary alicyclic amines) is 1. The lowest BCUT2D eigenvalue weighted by Gasteiger charge is -2.50. The van der Waals surface area contributed by atoms with Crippen molar-refractivity contribution in [3.63, 3.8) is 0 Å². The highest BCUT2D eigenvalue weighted by molar-refractivity contribution is 7.89. The molecule has 2 aliphatic rings. The number of hydrogen-bond acceptors (Lipinski definition) is 4. The Morgan fingerprint density at radius 2 is 2.00 bits per heavy atom. The van der Waals surface area contributed by atoms with Crippen LogP contribution in [0.2, 0.25) is 0 Å². The third kappa shape index (κ3) is 3.65. The number of carbonyl (C=O) groups is 1. The zero-order valence-electron chi connectivity index (χ0n) is 14.6. The van der Waals surface area contributed by atoms with Gasteiger partial charge in [-0.25, -0.2) is 17.9 Å². The van der Waals surface area contributed by atoms with Crippen molar-refractivity contribution in [3.8, 4) is 0 Å². The predicted octanol–water partition coefficient (Wildman–Crippen LogP) is 1.13. The number of amides is 2. The lowest BCUT2D eigenvalue weighted by Crippen LogP contribution is -2.67. The first kappa shape index (κ1) is 18.2. The fourth-order valence-corrected chi connectivity index (χ4v) is 4.68. The molecule has 0 bridgehead atoms. The normalized spacial score (nSPS) is 22.0. The van der Waals surface area contributed by atoms with E-state index in [1.165, 1.54) is 0 Å². The van der Waals surface area contributed by atoms with Crippen LogP contribution >= 0.6 is 0 Å². The third-order valence-corrected chi connectivity index (χ3v) is 6.49. The van der Waals surface area contributed by atoms with Gasteiger partial charge in [0.2, 0.25) is 10.0 Å². The van der Waals surface area contributed by atoms with Crippen molar-refractivity contribution in [2.45, 2.75) is 23.3 Å². The zero-order valence-corrected chi connectivity index (χ0v) is 15.5. The molecule has 138 valence electrons. The van der Waals surface area contributed by atoms with E-state index in [2.05, 4.69) is 4.72 Å². The first-order valence-corrected chi connectivity index (χ1v) is 9.97. The number of ether oxygens (including phenoxy) is 1. The summed E-state index contributed by atoms with van der Waals surface area (Å²) in [7, 11) is -0.00583. The second-order valence-corrected chi connectivity index (χ2v) is 8.70. The van der Waals surface area contributed by atoms with Crippen LogP contribution in [0.5, 0.6) is 0 Å². The minimum atomic E-state index is -3.48. The van der Waals surface area contributed by atoms with Crippen LogP contribution < -0.4 is 4.72 Å². The number of hydrogen-bond donors (Lipinski definition) is 1. The minimum absolute atomic E-state index is 0.00958. The molecule has 0 radical (unpaired) electrons. The van der Waals surface area contributed by atoms with E-state index >= 15 is 0 Å². The van der Waals surface area contributed by atoms with E-state index in [9.17, 15) is 13.2 Å². The Bertz CT molecular complexity index is 715. The molecule has 8 heteroatoms. The lowest BCUT2D eigenvalue weighted by molar-refractivity contribution is -0.117. The Kier molecular flexibility index (Phi) is 5.04. The summed E-state index contributed by atoms with van der Waals surface area (Å²) in [6.07, 6.45) is 1.60. The first-order valence-electron chi connectivity index (χ1n) is 8.49. The molecule has 2 heterocycles. The van der Waals surface area contributed by atoms with E-state index in [1.54, 1.807) is 54.2 Å². The maximum Gasteiger partial charge on any atom is 0.319 e. The average molecular weight is 367 g/mol. The van der Waals surface area contributed by atoms with Crippen molar-refractivity contribution in [3.05, 3.63) is 30.3 Å². The maximum absolute atomic E-state index is 12.3. The van der Waals surface area contributed by atoms with Crippen molar-refractivity contribution in [2.24, 2.45) is 5.92 Å². The SMILES string of the molecule is CN(C)C(=O)N1CC2(C1)OCC[C@@H]2CCNS(=O)(=O)c1ccccc1. The molecule has 2 amide bonds. The van der Waals surface area contributed by atoms with Gasteiger partial charge in [0.1, 0.15) is 5.60 Å². The van der Waals surface area contributed by atoms with Crippen molar-refractivity contribution in [1.82, 2.24) is 14.5 Å². The van der Waals surface area contributed by atoms with E-state index < -0.39 is 10.0 Å². The second-order valence-electron chi connectivity index (χ2n) is 6.93. The van der Waals surface area contributed by atoms with Gasteiger partial charge in [0.05, 0.1) is 18.0 Å². The van der Waals surface area contributed by atoms with Gasteiger partial charge in [-0.1, -0.05) is 18.2 Å². The number of nitrogens with zero attached hydrogens (tertiary/aromatic N) is 2. The average Bonchev–Trinajstić information content (AvgIpc) is 2.97. The summed E-state index contributed by atoms with van der Waals surface area (Å²) in [6, 6.07) is 8.36. The molecule has 3 rings (SSSR count). The topological polar surface area (TPSA) is 79.0 Å². The van der Waals surface area contributed by atoms with Gasteiger partial charge in [-0.3, -0.25) is 0 Å². The monoisotopic (exact) mass is 367 g/mol. The van der Waals surface area contributed by atoms with Gasteiger partial charge >= 0.3 is 6.03 Å². The van der Waals surface area contributed by atoms with E-state index in [0.717, 1.165) is 6.42 Å². The summed E-state index contributed by atoms with van der Waals surface area (Å²) in [6.45, 7) is 2.20. The summed E-state index contributed by atoms with van der Waals surface area (Å²) in [5.41, 5.74) is -0.302. The van der Waals surface area contributed by atoms with Crippen LogP contribution in [0.3, 0.4) is 0 Å². The van der Waals surface area contributed by atoms with Gasteiger partial charge < -0.3 is 14.5 Å². The zero-order chi connectivity index (χ0) is 18.1. The maximum atomic E-state index is 12.3. The van der Waals surface area contributed by atoms with Gasteiger partial charge in [-0.15, -0.1) is 0 Å². The molecular formula is C17H25N3O4S. The highest BCUT2D eigenvalue weighted by Gasteiger charge is 2.54. The molecule has 25 heavy (non-hydrogen) atoms. The van der Waals surface area contributed by atoms with E-state index in [1.807, 2.05) is 0 Å². The molecule has 0 aromatic heterocycles. The molecule has 2 aliphatic heterocycles. The molecule has 0 saturated carbocycles. The molecule has 0 aliphatic carbocycles. The van der Waals surface area contributed by atoms with Gasteiger partial charge in [0, 0.05) is 27.2 Å². The molecule has 1 N–H and O–H groups in total. The molecule has 7 nitrogen and oxygen atoms in total. The van der Waals surface area contributed by atoms with Crippen LogP contribution in [-0.4, -0.2) is 70.2 Å². The van der Waals surface area contributed by atoms with E-state index in [0.29, 0.717) is 32.7 Å². The smallest absolute Gasteiger partial charge is 0.319 e. The van der Waals surface area contributed by atoms with Gasteiger partial charge in [0.15, 0.2) is 0 Å². The lowest BCUT2D eigenvalue weighted by atomic mass is 9.79. The summed E-state index contributed by atoms with van der Waals surface area (Å²) in [4.78, 5) is 15.6. The summed E-state index contributed by atoms with van der Waals surface area (Å²) < 4.78 is 33.1. The number of nitrogens with one attached hydrogen (secondary N) is 1. The minimum Gasteiger partial charge on any atom is -0.371 e. The number of urea groups is 1. The third-order valence-electron chi connectivity index (χ3n) is 5.01. The summed E-state index contributed by atoms with van der Waals surface area (Å²) in [5.74, 6) is 0.261. The fraction of sp³-hybridized carbons (Fsp3) is 0.588.